The van der Waals surface area contributed by atoms with Crippen LogP contribution in [-0.2, 0) is 16.1 Å². The Morgan fingerprint density at radius 1 is 1.39 bits per heavy atom. The standard InChI is InChI=1S/C12H17N3O3/c1-8-6-14-15(7-8)5-4-13-11(16)9(2)10(3)12(17)18/h6-7H,4-5H2,1-3H3,(H,13,16)(H,17,18)/b10-9+. The number of carbonyl (C=O) groups excluding carboxylic acids is 1. The lowest BCUT2D eigenvalue weighted by atomic mass is 10.1. The molecule has 0 bridgehead atoms. The third-order valence-electron chi connectivity index (χ3n) is 2.61. The molecule has 1 aromatic rings. The molecule has 18 heavy (non-hydrogen) atoms. The highest BCUT2D eigenvalue weighted by Gasteiger charge is 2.11. The highest BCUT2D eigenvalue weighted by molar-refractivity contribution is 6.01. The summed E-state index contributed by atoms with van der Waals surface area (Å²) in [4.78, 5) is 22.3. The van der Waals surface area contributed by atoms with Gasteiger partial charge in [0.25, 0.3) is 0 Å². The third kappa shape index (κ3) is 3.73. The van der Waals surface area contributed by atoms with Crippen molar-refractivity contribution >= 4 is 11.9 Å². The number of aliphatic carboxylic acids is 1. The van der Waals surface area contributed by atoms with E-state index in [1.165, 1.54) is 13.8 Å². The number of carboxylic acids is 1. The van der Waals surface area contributed by atoms with Crippen LogP contribution < -0.4 is 5.32 Å². The highest BCUT2D eigenvalue weighted by Crippen LogP contribution is 2.03. The van der Waals surface area contributed by atoms with Crippen LogP contribution in [0, 0.1) is 6.92 Å². The molecule has 98 valence electrons. The number of rotatable bonds is 5. The summed E-state index contributed by atoms with van der Waals surface area (Å²) in [7, 11) is 0. The molecule has 0 fully saturated rings. The van der Waals surface area contributed by atoms with Crippen molar-refractivity contribution in [2.45, 2.75) is 27.3 Å². The second-order valence-corrected chi connectivity index (χ2v) is 4.09. The van der Waals surface area contributed by atoms with Crippen LogP contribution >= 0.6 is 0 Å². The number of nitrogens with zero attached hydrogens (tertiary/aromatic N) is 2. The molecule has 0 aliphatic heterocycles. The number of amides is 1. The Morgan fingerprint density at radius 3 is 2.56 bits per heavy atom. The van der Waals surface area contributed by atoms with Crippen molar-refractivity contribution in [3.8, 4) is 0 Å². The van der Waals surface area contributed by atoms with Gasteiger partial charge in [-0.1, -0.05) is 0 Å². The minimum absolute atomic E-state index is 0.0578. The van der Waals surface area contributed by atoms with E-state index >= 15 is 0 Å². The molecule has 0 radical (unpaired) electrons. The largest absolute Gasteiger partial charge is 0.478 e. The summed E-state index contributed by atoms with van der Waals surface area (Å²) in [5, 5.41) is 15.5. The second kappa shape index (κ2) is 6.00. The highest BCUT2D eigenvalue weighted by atomic mass is 16.4. The van der Waals surface area contributed by atoms with Gasteiger partial charge in [-0.05, 0) is 26.3 Å². The van der Waals surface area contributed by atoms with Crippen molar-refractivity contribution in [2.75, 3.05) is 6.54 Å². The molecule has 0 saturated heterocycles. The van der Waals surface area contributed by atoms with Gasteiger partial charge in [-0.25, -0.2) is 4.79 Å². The fourth-order valence-electron chi connectivity index (χ4n) is 1.34. The molecular formula is C12H17N3O3. The van der Waals surface area contributed by atoms with E-state index in [1.807, 2.05) is 13.1 Å². The predicted octanol–water partition coefficient (Wildman–Crippen LogP) is 0.729. The molecule has 0 atom stereocenters. The van der Waals surface area contributed by atoms with Crippen molar-refractivity contribution in [2.24, 2.45) is 0 Å². The Hall–Kier alpha value is -2.11. The van der Waals surface area contributed by atoms with Gasteiger partial charge in [-0.3, -0.25) is 9.48 Å². The van der Waals surface area contributed by atoms with Crippen LogP contribution in [-0.4, -0.2) is 33.3 Å². The first-order valence-corrected chi connectivity index (χ1v) is 5.60. The number of hydrogen-bond acceptors (Lipinski definition) is 3. The Morgan fingerprint density at radius 2 is 2.06 bits per heavy atom. The van der Waals surface area contributed by atoms with E-state index in [0.29, 0.717) is 13.1 Å². The van der Waals surface area contributed by atoms with Crippen molar-refractivity contribution in [3.63, 3.8) is 0 Å². The van der Waals surface area contributed by atoms with Crippen LogP contribution in [0.3, 0.4) is 0 Å². The molecule has 0 aliphatic rings. The lowest BCUT2D eigenvalue weighted by Gasteiger charge is -2.07. The zero-order valence-corrected chi connectivity index (χ0v) is 10.7. The number of carboxylic acid groups (broad SMARTS) is 1. The zero-order chi connectivity index (χ0) is 13.7. The van der Waals surface area contributed by atoms with Crippen molar-refractivity contribution < 1.29 is 14.7 Å². The molecule has 0 spiro atoms. The number of carbonyl (C=O) groups is 2. The minimum atomic E-state index is -1.08. The summed E-state index contributed by atoms with van der Waals surface area (Å²) in [6.07, 6.45) is 3.61. The normalized spacial score (nSPS) is 11.9. The number of aromatic nitrogens is 2. The summed E-state index contributed by atoms with van der Waals surface area (Å²) in [6.45, 7) is 5.80. The molecule has 6 heteroatoms. The Kier molecular flexibility index (Phi) is 4.65. The van der Waals surface area contributed by atoms with E-state index in [4.69, 9.17) is 5.11 Å². The van der Waals surface area contributed by atoms with E-state index < -0.39 is 5.97 Å². The summed E-state index contributed by atoms with van der Waals surface area (Å²) in [5.74, 6) is -1.44. The van der Waals surface area contributed by atoms with Gasteiger partial charge in [0.2, 0.25) is 5.91 Å². The molecule has 2 N–H and O–H groups in total. The molecule has 0 aliphatic carbocycles. The molecule has 1 aromatic heterocycles. The van der Waals surface area contributed by atoms with E-state index in [-0.39, 0.29) is 17.1 Å². The van der Waals surface area contributed by atoms with E-state index in [1.54, 1.807) is 10.9 Å². The third-order valence-corrected chi connectivity index (χ3v) is 2.61. The molecule has 0 aromatic carbocycles. The van der Waals surface area contributed by atoms with Crippen LogP contribution in [0.5, 0.6) is 0 Å². The second-order valence-electron chi connectivity index (χ2n) is 4.09. The maximum atomic E-state index is 11.6. The molecule has 1 heterocycles. The summed E-state index contributed by atoms with van der Waals surface area (Å²) >= 11 is 0. The molecule has 6 nitrogen and oxygen atoms in total. The predicted molar refractivity (Wildman–Crippen MR) is 66.0 cm³/mol. The van der Waals surface area contributed by atoms with Gasteiger partial charge in [0.15, 0.2) is 0 Å². The molecule has 1 amide bonds. The quantitative estimate of drug-likeness (QED) is 0.755. The number of hydrogen-bond donors (Lipinski definition) is 2. The fraction of sp³-hybridized carbons (Fsp3) is 0.417. The summed E-state index contributed by atoms with van der Waals surface area (Å²) < 4.78 is 1.72. The minimum Gasteiger partial charge on any atom is -0.478 e. The summed E-state index contributed by atoms with van der Waals surface area (Å²) in [5.41, 5.74) is 1.33. The first-order chi connectivity index (χ1) is 8.41. The first kappa shape index (κ1) is 14.0. The average molecular weight is 251 g/mol. The van der Waals surface area contributed by atoms with E-state index in [0.717, 1.165) is 5.56 Å². The van der Waals surface area contributed by atoms with Gasteiger partial charge < -0.3 is 10.4 Å². The van der Waals surface area contributed by atoms with E-state index in [9.17, 15) is 9.59 Å². The van der Waals surface area contributed by atoms with Crippen LogP contribution in [0.1, 0.15) is 19.4 Å². The lowest BCUT2D eigenvalue weighted by Crippen LogP contribution is -2.29. The van der Waals surface area contributed by atoms with Gasteiger partial charge in [0.1, 0.15) is 0 Å². The number of nitrogens with one attached hydrogen (secondary N) is 1. The average Bonchev–Trinajstić information content (AvgIpc) is 2.72. The number of aryl methyl sites for hydroxylation is 1. The van der Waals surface area contributed by atoms with Crippen molar-refractivity contribution in [3.05, 3.63) is 29.1 Å². The Balaban J connectivity index is 2.47. The SMILES string of the molecule is C/C(C(=O)O)=C(/C)C(=O)NCCn1cc(C)cn1. The molecular weight excluding hydrogens is 234 g/mol. The zero-order valence-electron chi connectivity index (χ0n) is 10.7. The first-order valence-electron chi connectivity index (χ1n) is 5.60. The van der Waals surface area contributed by atoms with Crippen LogP contribution in [0.4, 0.5) is 0 Å². The van der Waals surface area contributed by atoms with Crippen LogP contribution in [0.25, 0.3) is 0 Å². The molecule has 0 saturated carbocycles. The summed E-state index contributed by atoms with van der Waals surface area (Å²) in [6, 6.07) is 0. The van der Waals surface area contributed by atoms with Gasteiger partial charge in [0.05, 0.1) is 12.7 Å². The van der Waals surface area contributed by atoms with Gasteiger partial charge in [-0.2, -0.15) is 5.10 Å². The van der Waals surface area contributed by atoms with Crippen molar-refractivity contribution in [1.29, 1.82) is 0 Å². The van der Waals surface area contributed by atoms with Gasteiger partial charge >= 0.3 is 5.97 Å². The van der Waals surface area contributed by atoms with Crippen LogP contribution in [0.2, 0.25) is 0 Å². The Bertz CT molecular complexity index is 489. The molecule has 0 unspecified atom stereocenters. The maximum Gasteiger partial charge on any atom is 0.331 e. The van der Waals surface area contributed by atoms with Gasteiger partial charge in [-0.15, -0.1) is 0 Å². The monoisotopic (exact) mass is 251 g/mol. The Labute approximate surface area is 105 Å². The maximum absolute atomic E-state index is 11.6. The smallest absolute Gasteiger partial charge is 0.331 e. The molecule has 1 rings (SSSR count). The van der Waals surface area contributed by atoms with Gasteiger partial charge in [0, 0.05) is 23.9 Å². The fourth-order valence-corrected chi connectivity index (χ4v) is 1.34. The topological polar surface area (TPSA) is 84.2 Å². The lowest BCUT2D eigenvalue weighted by molar-refractivity contribution is -0.133. The van der Waals surface area contributed by atoms with Crippen molar-refractivity contribution in [1.82, 2.24) is 15.1 Å². The van der Waals surface area contributed by atoms with E-state index in [2.05, 4.69) is 10.4 Å². The van der Waals surface area contributed by atoms with Crippen LogP contribution in [0.15, 0.2) is 23.5 Å².